The van der Waals surface area contributed by atoms with Gasteiger partial charge in [0, 0.05) is 0 Å². The Balaban J connectivity index is 1.71. The van der Waals surface area contributed by atoms with Crippen molar-refractivity contribution in [3.05, 3.63) is 54.1 Å². The minimum Gasteiger partial charge on any atom is -0.494 e. The van der Waals surface area contributed by atoms with E-state index in [2.05, 4.69) is 13.8 Å². The van der Waals surface area contributed by atoms with Gasteiger partial charge in [-0.3, -0.25) is 4.79 Å². The molecule has 6 nitrogen and oxygen atoms in total. The first kappa shape index (κ1) is 29.4. The third-order valence-corrected chi connectivity index (χ3v) is 5.92. The van der Waals surface area contributed by atoms with Crippen LogP contribution in [0.15, 0.2) is 48.5 Å². The van der Waals surface area contributed by atoms with Crippen molar-refractivity contribution in [1.29, 1.82) is 0 Å². The van der Waals surface area contributed by atoms with Crippen LogP contribution in [0.25, 0.3) is 0 Å². The normalized spacial score (nSPS) is 11.6. The van der Waals surface area contributed by atoms with E-state index in [1.165, 1.54) is 32.1 Å². The van der Waals surface area contributed by atoms with Gasteiger partial charge in [0.25, 0.3) is 0 Å². The molecule has 198 valence electrons. The first-order chi connectivity index (χ1) is 17.5. The maximum absolute atomic E-state index is 12.4. The molecule has 0 radical (unpaired) electrons. The summed E-state index contributed by atoms with van der Waals surface area (Å²) in [5, 5.41) is 9.99. The van der Waals surface area contributed by atoms with Gasteiger partial charge < -0.3 is 19.3 Å². The van der Waals surface area contributed by atoms with E-state index in [0.717, 1.165) is 37.9 Å². The average molecular weight is 499 g/mol. The van der Waals surface area contributed by atoms with Gasteiger partial charge in [0.1, 0.15) is 17.2 Å². The van der Waals surface area contributed by atoms with Gasteiger partial charge in [0.2, 0.25) is 0 Å². The molecular weight excluding hydrogens is 456 g/mol. The standard InChI is InChI=1S/C30H42O6/c1-3-5-7-9-10-12-22-34-26-18-20-28(21-19-26)36-30(33)24-14-16-27(17-15-24)35-29(32)23-25(31)13-11-8-6-4-2/h14-21,25,31H,3-13,22-23H2,1-2H3/t25-/m1/s1. The lowest BCUT2D eigenvalue weighted by atomic mass is 10.1. The molecule has 0 bridgehead atoms. The first-order valence-electron chi connectivity index (χ1n) is 13.5. The Bertz CT molecular complexity index is 875. The second-order valence-electron chi connectivity index (χ2n) is 9.18. The van der Waals surface area contributed by atoms with Crippen LogP contribution in [0.4, 0.5) is 0 Å². The van der Waals surface area contributed by atoms with E-state index >= 15 is 0 Å². The molecule has 2 rings (SSSR count). The maximum atomic E-state index is 12.4. The Morgan fingerprint density at radius 3 is 1.89 bits per heavy atom. The predicted molar refractivity (Wildman–Crippen MR) is 142 cm³/mol. The van der Waals surface area contributed by atoms with Gasteiger partial charge in [0.15, 0.2) is 0 Å². The van der Waals surface area contributed by atoms with E-state index in [-0.39, 0.29) is 6.42 Å². The highest BCUT2D eigenvalue weighted by Crippen LogP contribution is 2.20. The summed E-state index contributed by atoms with van der Waals surface area (Å²) >= 11 is 0. The lowest BCUT2D eigenvalue weighted by Crippen LogP contribution is -2.18. The summed E-state index contributed by atoms with van der Waals surface area (Å²) in [4.78, 5) is 24.5. The molecule has 0 aliphatic heterocycles. The molecule has 0 aliphatic carbocycles. The highest BCUT2D eigenvalue weighted by Gasteiger charge is 2.14. The molecule has 0 spiro atoms. The van der Waals surface area contributed by atoms with E-state index in [1.807, 2.05) is 0 Å². The van der Waals surface area contributed by atoms with Crippen LogP contribution >= 0.6 is 0 Å². The molecule has 1 N–H and O–H groups in total. The zero-order chi connectivity index (χ0) is 26.0. The number of aliphatic hydroxyl groups excluding tert-OH is 1. The van der Waals surface area contributed by atoms with Gasteiger partial charge in [-0.25, -0.2) is 4.79 Å². The molecule has 0 heterocycles. The highest BCUT2D eigenvalue weighted by molar-refractivity contribution is 5.91. The third-order valence-electron chi connectivity index (χ3n) is 5.92. The Morgan fingerprint density at radius 2 is 1.22 bits per heavy atom. The third kappa shape index (κ3) is 12.2. The molecule has 0 saturated heterocycles. The van der Waals surface area contributed by atoms with Crippen LogP contribution in [0.5, 0.6) is 17.2 Å². The van der Waals surface area contributed by atoms with Crippen LogP contribution < -0.4 is 14.2 Å². The summed E-state index contributed by atoms with van der Waals surface area (Å²) < 4.78 is 16.5. The van der Waals surface area contributed by atoms with E-state index in [1.54, 1.807) is 48.5 Å². The molecule has 0 aromatic heterocycles. The Kier molecular flexibility index (Phi) is 14.3. The molecule has 0 amide bonds. The number of unbranched alkanes of at least 4 members (excludes halogenated alkanes) is 8. The number of carbonyl (C=O) groups excluding carboxylic acids is 2. The fraction of sp³-hybridized carbons (Fsp3) is 0.533. The number of aliphatic hydroxyl groups is 1. The van der Waals surface area contributed by atoms with Crippen LogP contribution in [-0.4, -0.2) is 29.8 Å². The number of carbonyl (C=O) groups is 2. The monoisotopic (exact) mass is 498 g/mol. The maximum Gasteiger partial charge on any atom is 0.343 e. The van der Waals surface area contributed by atoms with Crippen molar-refractivity contribution >= 4 is 11.9 Å². The van der Waals surface area contributed by atoms with Crippen molar-refractivity contribution in [2.45, 2.75) is 97.0 Å². The SMILES string of the molecule is CCCCCCCCOc1ccc(OC(=O)c2ccc(OC(=O)C[C@H](O)CCCCCC)cc2)cc1. The zero-order valence-electron chi connectivity index (χ0n) is 21.9. The number of esters is 2. The largest absolute Gasteiger partial charge is 0.494 e. The van der Waals surface area contributed by atoms with Gasteiger partial charge in [-0.15, -0.1) is 0 Å². The summed E-state index contributed by atoms with van der Waals surface area (Å²) in [6.07, 6.45) is 11.3. The van der Waals surface area contributed by atoms with Crippen LogP contribution in [0.2, 0.25) is 0 Å². The summed E-state index contributed by atoms with van der Waals surface area (Å²) in [6.45, 7) is 5.02. The van der Waals surface area contributed by atoms with Crippen LogP contribution in [0, 0.1) is 0 Å². The van der Waals surface area contributed by atoms with Crippen molar-refractivity contribution in [2.75, 3.05) is 6.61 Å². The molecule has 0 saturated carbocycles. The van der Waals surface area contributed by atoms with E-state index in [9.17, 15) is 14.7 Å². The molecule has 6 heteroatoms. The summed E-state index contributed by atoms with van der Waals surface area (Å²) in [5.74, 6) is 0.501. The van der Waals surface area contributed by atoms with Crippen molar-refractivity contribution in [3.8, 4) is 17.2 Å². The molecule has 0 aliphatic rings. The van der Waals surface area contributed by atoms with Gasteiger partial charge in [-0.2, -0.15) is 0 Å². The molecule has 0 fully saturated rings. The number of hydrogen-bond donors (Lipinski definition) is 1. The van der Waals surface area contributed by atoms with Gasteiger partial charge in [-0.1, -0.05) is 71.6 Å². The van der Waals surface area contributed by atoms with Crippen LogP contribution in [0.3, 0.4) is 0 Å². The number of ether oxygens (including phenoxy) is 3. The molecule has 2 aromatic carbocycles. The van der Waals surface area contributed by atoms with Crippen LogP contribution in [-0.2, 0) is 4.79 Å². The quantitative estimate of drug-likeness (QED) is 0.132. The second-order valence-corrected chi connectivity index (χ2v) is 9.18. The highest BCUT2D eigenvalue weighted by atomic mass is 16.5. The average Bonchev–Trinajstić information content (AvgIpc) is 2.87. The topological polar surface area (TPSA) is 82.1 Å². The molecule has 2 aromatic rings. The van der Waals surface area contributed by atoms with Crippen molar-refractivity contribution < 1.29 is 28.9 Å². The number of rotatable bonds is 18. The Hall–Kier alpha value is -2.86. The van der Waals surface area contributed by atoms with Crippen molar-refractivity contribution in [2.24, 2.45) is 0 Å². The minimum atomic E-state index is -0.698. The minimum absolute atomic E-state index is 0.0470. The Morgan fingerprint density at radius 1 is 0.694 bits per heavy atom. The van der Waals surface area contributed by atoms with Gasteiger partial charge >= 0.3 is 11.9 Å². The predicted octanol–water partition coefficient (Wildman–Crippen LogP) is 7.27. The van der Waals surface area contributed by atoms with Crippen molar-refractivity contribution in [3.63, 3.8) is 0 Å². The summed E-state index contributed by atoms with van der Waals surface area (Å²) in [6, 6.07) is 13.2. The first-order valence-corrected chi connectivity index (χ1v) is 13.5. The lowest BCUT2D eigenvalue weighted by molar-refractivity contribution is -0.136. The molecule has 0 unspecified atom stereocenters. The smallest absolute Gasteiger partial charge is 0.343 e. The van der Waals surface area contributed by atoms with Crippen molar-refractivity contribution in [1.82, 2.24) is 0 Å². The number of benzene rings is 2. The lowest BCUT2D eigenvalue weighted by Gasteiger charge is -2.10. The van der Waals surface area contributed by atoms with Gasteiger partial charge in [-0.05, 0) is 61.4 Å². The zero-order valence-corrected chi connectivity index (χ0v) is 21.9. The molecule has 36 heavy (non-hydrogen) atoms. The molecule has 1 atom stereocenters. The van der Waals surface area contributed by atoms with Gasteiger partial charge in [0.05, 0.1) is 24.7 Å². The second kappa shape index (κ2) is 17.6. The fourth-order valence-electron chi connectivity index (χ4n) is 3.78. The summed E-state index contributed by atoms with van der Waals surface area (Å²) in [7, 11) is 0. The van der Waals surface area contributed by atoms with Crippen LogP contribution in [0.1, 0.15) is 101 Å². The van der Waals surface area contributed by atoms with E-state index < -0.39 is 18.0 Å². The Labute approximate surface area is 216 Å². The fourth-order valence-corrected chi connectivity index (χ4v) is 3.78. The van der Waals surface area contributed by atoms with E-state index in [0.29, 0.717) is 30.1 Å². The van der Waals surface area contributed by atoms with E-state index in [4.69, 9.17) is 14.2 Å². The number of hydrogen-bond acceptors (Lipinski definition) is 6. The summed E-state index contributed by atoms with van der Waals surface area (Å²) in [5.41, 5.74) is 0.342. The molecular formula is C30H42O6.